The summed E-state index contributed by atoms with van der Waals surface area (Å²) in [6.45, 7) is 14.7. The van der Waals surface area contributed by atoms with Gasteiger partial charge in [0.15, 0.2) is 5.96 Å². The Kier molecular flexibility index (Phi) is 7.63. The number of nitrogens with one attached hydrogen (secondary N) is 1. The molecule has 1 aromatic carbocycles. The largest absolute Gasteiger partial charge is 0.373 e. The minimum atomic E-state index is 0.272. The lowest BCUT2D eigenvalue weighted by Crippen LogP contribution is -2.50. The first-order chi connectivity index (χ1) is 14.7. The van der Waals surface area contributed by atoms with Crippen LogP contribution < -0.4 is 5.32 Å². The quantitative estimate of drug-likeness (QED) is 0.549. The van der Waals surface area contributed by atoms with Crippen LogP contribution >= 0.6 is 0 Å². The monoisotopic (exact) mass is 413 g/mol. The van der Waals surface area contributed by atoms with Crippen molar-refractivity contribution in [2.75, 3.05) is 59.0 Å². The van der Waals surface area contributed by atoms with Gasteiger partial charge in [-0.25, -0.2) is 0 Å². The van der Waals surface area contributed by atoms with E-state index in [-0.39, 0.29) is 6.10 Å². The molecule has 0 aliphatic carbocycles. The van der Waals surface area contributed by atoms with E-state index >= 15 is 0 Å². The maximum absolute atomic E-state index is 6.17. The van der Waals surface area contributed by atoms with Crippen molar-refractivity contribution >= 4 is 5.96 Å². The number of guanidine groups is 1. The summed E-state index contributed by atoms with van der Waals surface area (Å²) >= 11 is 0. The van der Waals surface area contributed by atoms with Crippen LogP contribution in [0.3, 0.4) is 0 Å². The molecule has 3 saturated heterocycles. The Morgan fingerprint density at radius 1 is 1.17 bits per heavy atom. The molecule has 3 atom stereocenters. The third-order valence-electron chi connectivity index (χ3n) is 6.60. The van der Waals surface area contributed by atoms with Gasteiger partial charge in [-0.1, -0.05) is 37.3 Å². The van der Waals surface area contributed by atoms with Crippen LogP contribution in [0.1, 0.15) is 32.3 Å². The molecule has 0 saturated carbocycles. The highest BCUT2D eigenvalue weighted by atomic mass is 16.5. The summed E-state index contributed by atoms with van der Waals surface area (Å²) < 4.78 is 6.17. The van der Waals surface area contributed by atoms with Gasteiger partial charge in [0.05, 0.1) is 18.8 Å². The van der Waals surface area contributed by atoms with Gasteiger partial charge in [-0.05, 0) is 44.3 Å². The van der Waals surface area contributed by atoms with Crippen molar-refractivity contribution in [1.29, 1.82) is 0 Å². The van der Waals surface area contributed by atoms with E-state index in [4.69, 9.17) is 9.73 Å². The van der Waals surface area contributed by atoms with E-state index in [1.54, 1.807) is 0 Å². The fourth-order valence-corrected chi connectivity index (χ4v) is 5.08. The molecule has 3 fully saturated rings. The molecule has 0 spiro atoms. The summed E-state index contributed by atoms with van der Waals surface area (Å²) in [5.74, 6) is 1.65. The molecule has 166 valence electrons. The molecule has 0 amide bonds. The Bertz CT molecular complexity index is 675. The second-order valence-corrected chi connectivity index (χ2v) is 9.15. The molecule has 4 rings (SSSR count). The number of nitrogens with zero attached hydrogens (tertiary/aromatic N) is 4. The summed E-state index contributed by atoms with van der Waals surface area (Å²) in [5.41, 5.74) is 1.38. The van der Waals surface area contributed by atoms with Crippen LogP contribution in [0.2, 0.25) is 0 Å². The van der Waals surface area contributed by atoms with Crippen molar-refractivity contribution in [1.82, 2.24) is 20.0 Å². The van der Waals surface area contributed by atoms with Crippen molar-refractivity contribution in [2.45, 2.75) is 45.4 Å². The van der Waals surface area contributed by atoms with Crippen molar-refractivity contribution in [3.05, 3.63) is 35.9 Å². The van der Waals surface area contributed by atoms with Crippen LogP contribution in [0.25, 0.3) is 0 Å². The number of ether oxygens (including phenoxy) is 1. The molecule has 1 aromatic rings. The Hall–Kier alpha value is -1.63. The molecule has 3 aliphatic heterocycles. The zero-order valence-electron chi connectivity index (χ0n) is 18.8. The van der Waals surface area contributed by atoms with Gasteiger partial charge in [0.2, 0.25) is 0 Å². The summed E-state index contributed by atoms with van der Waals surface area (Å²) in [6.07, 6.45) is 2.98. The molecule has 6 nitrogen and oxygen atoms in total. The van der Waals surface area contributed by atoms with E-state index in [1.807, 2.05) is 0 Å². The first-order valence-corrected chi connectivity index (χ1v) is 11.9. The van der Waals surface area contributed by atoms with Crippen LogP contribution in [0, 0.1) is 5.92 Å². The molecule has 0 radical (unpaired) electrons. The van der Waals surface area contributed by atoms with Crippen LogP contribution in [0.15, 0.2) is 35.3 Å². The van der Waals surface area contributed by atoms with Crippen molar-refractivity contribution < 1.29 is 4.74 Å². The fourth-order valence-electron chi connectivity index (χ4n) is 5.08. The first kappa shape index (κ1) is 21.6. The van der Waals surface area contributed by atoms with Crippen LogP contribution in [-0.2, 0) is 11.3 Å². The average Bonchev–Trinajstić information content (AvgIpc) is 3.42. The van der Waals surface area contributed by atoms with E-state index in [0.717, 1.165) is 51.8 Å². The highest BCUT2D eigenvalue weighted by Crippen LogP contribution is 2.25. The van der Waals surface area contributed by atoms with Gasteiger partial charge >= 0.3 is 0 Å². The number of rotatable bonds is 7. The standard InChI is InChI=1S/C24H39N5O/c1-3-25-24(26-15-20(2)16-27-11-7-8-12-27)29-18-22-23(19-29)30-14-13-28(22)17-21-9-5-4-6-10-21/h4-6,9-10,20,22-23H,3,7-8,11-19H2,1-2H3,(H,25,26). The predicted octanol–water partition coefficient (Wildman–Crippen LogP) is 2.27. The molecule has 30 heavy (non-hydrogen) atoms. The predicted molar refractivity (Wildman–Crippen MR) is 123 cm³/mol. The number of hydrogen-bond acceptors (Lipinski definition) is 4. The van der Waals surface area contributed by atoms with E-state index in [2.05, 4.69) is 64.2 Å². The Balaban J connectivity index is 1.36. The Labute approximate surface area is 182 Å². The van der Waals surface area contributed by atoms with Gasteiger partial charge < -0.3 is 19.9 Å². The number of aliphatic imine (C=N–C) groups is 1. The molecule has 1 N–H and O–H groups in total. The minimum Gasteiger partial charge on any atom is -0.373 e. The van der Waals surface area contributed by atoms with Crippen molar-refractivity contribution in [3.8, 4) is 0 Å². The number of benzene rings is 1. The molecule has 0 aromatic heterocycles. The van der Waals surface area contributed by atoms with Crippen molar-refractivity contribution in [2.24, 2.45) is 10.9 Å². The highest BCUT2D eigenvalue weighted by Gasteiger charge is 2.41. The Morgan fingerprint density at radius 2 is 1.97 bits per heavy atom. The zero-order chi connectivity index (χ0) is 20.8. The highest BCUT2D eigenvalue weighted by molar-refractivity contribution is 5.80. The number of morpholine rings is 1. The second kappa shape index (κ2) is 10.6. The first-order valence-electron chi connectivity index (χ1n) is 11.9. The lowest BCUT2D eigenvalue weighted by atomic mass is 10.1. The summed E-state index contributed by atoms with van der Waals surface area (Å²) in [4.78, 5) is 12.6. The van der Waals surface area contributed by atoms with E-state index in [9.17, 15) is 0 Å². The molecular formula is C24H39N5O. The zero-order valence-corrected chi connectivity index (χ0v) is 18.8. The van der Waals surface area contributed by atoms with E-state index in [1.165, 1.54) is 38.0 Å². The van der Waals surface area contributed by atoms with Gasteiger partial charge in [0.1, 0.15) is 0 Å². The molecule has 3 heterocycles. The maximum atomic E-state index is 6.17. The molecule has 3 aliphatic rings. The smallest absolute Gasteiger partial charge is 0.194 e. The van der Waals surface area contributed by atoms with Gasteiger partial charge in [0.25, 0.3) is 0 Å². The van der Waals surface area contributed by atoms with Gasteiger partial charge in [-0.2, -0.15) is 0 Å². The van der Waals surface area contributed by atoms with Gasteiger partial charge in [-0.3, -0.25) is 9.89 Å². The molecule has 6 heteroatoms. The molecule has 0 bridgehead atoms. The summed E-state index contributed by atoms with van der Waals surface area (Å²) in [5, 5.41) is 3.54. The summed E-state index contributed by atoms with van der Waals surface area (Å²) in [7, 11) is 0. The lowest BCUT2D eigenvalue weighted by Gasteiger charge is -2.36. The lowest BCUT2D eigenvalue weighted by molar-refractivity contribution is -0.0502. The normalized spacial score (nSPS) is 26.7. The van der Waals surface area contributed by atoms with Gasteiger partial charge in [-0.15, -0.1) is 0 Å². The third-order valence-corrected chi connectivity index (χ3v) is 6.60. The molecule has 3 unspecified atom stereocenters. The SMILES string of the molecule is CCNC(=NCC(C)CN1CCCC1)N1CC2OCCN(Cc3ccccc3)C2C1. The maximum Gasteiger partial charge on any atom is 0.194 e. The summed E-state index contributed by atoms with van der Waals surface area (Å²) in [6, 6.07) is 11.2. The van der Waals surface area contributed by atoms with Crippen LogP contribution in [-0.4, -0.2) is 91.8 Å². The fraction of sp³-hybridized carbons (Fsp3) is 0.708. The van der Waals surface area contributed by atoms with Gasteiger partial charge in [0, 0.05) is 45.8 Å². The Morgan fingerprint density at radius 3 is 2.73 bits per heavy atom. The number of hydrogen-bond donors (Lipinski definition) is 1. The van der Waals surface area contributed by atoms with Crippen LogP contribution in [0.4, 0.5) is 0 Å². The number of fused-ring (bicyclic) bond motifs is 1. The van der Waals surface area contributed by atoms with Crippen LogP contribution in [0.5, 0.6) is 0 Å². The van der Waals surface area contributed by atoms with E-state index in [0.29, 0.717) is 12.0 Å². The third kappa shape index (κ3) is 5.54. The van der Waals surface area contributed by atoms with Crippen molar-refractivity contribution in [3.63, 3.8) is 0 Å². The minimum absolute atomic E-state index is 0.272. The number of likely N-dealkylation sites (tertiary alicyclic amines) is 2. The van der Waals surface area contributed by atoms with E-state index < -0.39 is 0 Å². The second-order valence-electron chi connectivity index (χ2n) is 9.15. The average molecular weight is 414 g/mol. The molecular weight excluding hydrogens is 374 g/mol. The topological polar surface area (TPSA) is 43.3 Å².